The van der Waals surface area contributed by atoms with Crippen LogP contribution in [0.3, 0.4) is 0 Å². The molecule has 3 aromatic rings. The molecular weight excluding hydrogens is 386 g/mol. The van der Waals surface area contributed by atoms with Crippen molar-refractivity contribution < 1.29 is 14.3 Å². The molecule has 0 saturated carbocycles. The number of fused-ring (bicyclic) bond motifs is 1. The van der Waals surface area contributed by atoms with Crippen LogP contribution >= 0.6 is 0 Å². The zero-order valence-corrected chi connectivity index (χ0v) is 16.2. The first-order valence-electron chi connectivity index (χ1n) is 9.64. The van der Waals surface area contributed by atoms with Gasteiger partial charge in [0.15, 0.2) is 11.5 Å². The van der Waals surface area contributed by atoms with Crippen LogP contribution < -0.4 is 25.9 Å². The molecule has 0 bridgehead atoms. The van der Waals surface area contributed by atoms with Crippen molar-refractivity contribution in [3.8, 4) is 17.2 Å². The average molecular weight is 407 g/mol. The summed E-state index contributed by atoms with van der Waals surface area (Å²) in [6.45, 7) is 1.12. The van der Waals surface area contributed by atoms with Crippen molar-refractivity contribution in [3.63, 3.8) is 0 Å². The lowest BCUT2D eigenvalue weighted by Gasteiger charge is -2.19. The van der Waals surface area contributed by atoms with Crippen molar-refractivity contribution in [1.29, 1.82) is 0 Å². The highest BCUT2D eigenvalue weighted by atomic mass is 16.6. The number of hydrogen-bond acceptors (Lipinski definition) is 5. The van der Waals surface area contributed by atoms with Gasteiger partial charge in [-0.3, -0.25) is 23.5 Å². The highest BCUT2D eigenvalue weighted by molar-refractivity contribution is 5.75. The lowest BCUT2D eigenvalue weighted by Crippen LogP contribution is -2.42. The minimum absolute atomic E-state index is 0.217. The van der Waals surface area contributed by atoms with Crippen LogP contribution in [-0.2, 0) is 17.8 Å². The Labute approximate surface area is 172 Å². The van der Waals surface area contributed by atoms with Crippen molar-refractivity contribution in [2.45, 2.75) is 13.0 Å². The summed E-state index contributed by atoms with van der Waals surface area (Å²) in [5.41, 5.74) is 0.0784. The molecule has 0 fully saturated rings. The number of carbonyl (C=O) groups is 1. The second kappa shape index (κ2) is 8.69. The standard InChI is InChI=1S/C22H21N3O5/c26-20(23-9-8-16-4-2-1-3-5-16)15-24-10-11-25(22(28)21(24)27)17-6-7-18-19(14-17)30-13-12-29-18/h1-7,10-11,14H,8-9,12-13,15H2,(H,23,26). The second-order valence-electron chi connectivity index (χ2n) is 6.82. The van der Waals surface area contributed by atoms with Crippen molar-refractivity contribution in [2.24, 2.45) is 0 Å². The zero-order valence-electron chi connectivity index (χ0n) is 16.2. The largest absolute Gasteiger partial charge is 0.486 e. The molecule has 1 N–H and O–H groups in total. The number of rotatable bonds is 6. The van der Waals surface area contributed by atoms with Gasteiger partial charge in [0.2, 0.25) is 5.91 Å². The summed E-state index contributed by atoms with van der Waals surface area (Å²) in [6.07, 6.45) is 3.58. The Morgan fingerprint density at radius 1 is 0.933 bits per heavy atom. The van der Waals surface area contributed by atoms with Crippen LogP contribution in [0.2, 0.25) is 0 Å². The third kappa shape index (κ3) is 4.27. The molecule has 0 saturated heterocycles. The Bertz CT molecular complexity index is 1170. The monoisotopic (exact) mass is 407 g/mol. The number of ether oxygens (including phenoxy) is 2. The Balaban J connectivity index is 1.44. The van der Waals surface area contributed by atoms with Crippen LogP contribution in [0.15, 0.2) is 70.5 Å². The van der Waals surface area contributed by atoms with Crippen LogP contribution in [-0.4, -0.2) is 34.8 Å². The maximum Gasteiger partial charge on any atom is 0.320 e. The Morgan fingerprint density at radius 3 is 2.50 bits per heavy atom. The van der Waals surface area contributed by atoms with E-state index in [-0.39, 0.29) is 12.5 Å². The highest BCUT2D eigenvalue weighted by Gasteiger charge is 2.15. The molecule has 1 amide bonds. The van der Waals surface area contributed by atoms with Gasteiger partial charge in [0.25, 0.3) is 0 Å². The van der Waals surface area contributed by atoms with Gasteiger partial charge in [-0.1, -0.05) is 30.3 Å². The third-order valence-electron chi connectivity index (χ3n) is 4.75. The predicted molar refractivity (Wildman–Crippen MR) is 110 cm³/mol. The van der Waals surface area contributed by atoms with E-state index in [1.54, 1.807) is 18.2 Å². The molecule has 1 aliphatic heterocycles. The molecule has 0 spiro atoms. The van der Waals surface area contributed by atoms with E-state index in [0.717, 1.165) is 10.1 Å². The fraction of sp³-hybridized carbons (Fsp3) is 0.227. The molecule has 2 aromatic carbocycles. The third-order valence-corrected chi connectivity index (χ3v) is 4.75. The van der Waals surface area contributed by atoms with Gasteiger partial charge in [0.05, 0.1) is 5.69 Å². The summed E-state index contributed by atoms with van der Waals surface area (Å²) < 4.78 is 13.3. The lowest BCUT2D eigenvalue weighted by molar-refractivity contribution is -0.121. The van der Waals surface area contributed by atoms with Gasteiger partial charge in [0, 0.05) is 25.0 Å². The zero-order chi connectivity index (χ0) is 20.9. The van der Waals surface area contributed by atoms with E-state index in [9.17, 15) is 14.4 Å². The maximum atomic E-state index is 12.6. The van der Waals surface area contributed by atoms with Crippen LogP contribution in [0, 0.1) is 0 Å². The second-order valence-corrected chi connectivity index (χ2v) is 6.82. The molecule has 0 radical (unpaired) electrons. The summed E-state index contributed by atoms with van der Waals surface area (Å²) in [7, 11) is 0. The van der Waals surface area contributed by atoms with Gasteiger partial charge in [-0.15, -0.1) is 0 Å². The fourth-order valence-corrected chi connectivity index (χ4v) is 3.22. The topological polar surface area (TPSA) is 91.6 Å². The number of carbonyl (C=O) groups excluding carboxylic acids is 1. The molecule has 8 nitrogen and oxygen atoms in total. The highest BCUT2D eigenvalue weighted by Crippen LogP contribution is 2.31. The van der Waals surface area contributed by atoms with E-state index < -0.39 is 11.1 Å². The maximum absolute atomic E-state index is 12.6. The first-order valence-corrected chi connectivity index (χ1v) is 9.64. The molecule has 8 heteroatoms. The van der Waals surface area contributed by atoms with E-state index in [1.165, 1.54) is 17.0 Å². The Kier molecular flexibility index (Phi) is 5.65. The summed E-state index contributed by atoms with van der Waals surface area (Å²) in [6, 6.07) is 14.8. The summed E-state index contributed by atoms with van der Waals surface area (Å²) in [5, 5.41) is 2.77. The molecule has 4 rings (SSSR count). The van der Waals surface area contributed by atoms with Crippen molar-refractivity contribution in [1.82, 2.24) is 14.5 Å². The van der Waals surface area contributed by atoms with Gasteiger partial charge in [-0.25, -0.2) is 0 Å². The normalized spacial score (nSPS) is 12.4. The quantitative estimate of drug-likeness (QED) is 0.619. The molecule has 0 atom stereocenters. The number of nitrogens with zero attached hydrogens (tertiary/aromatic N) is 2. The molecule has 30 heavy (non-hydrogen) atoms. The van der Waals surface area contributed by atoms with Crippen LogP contribution in [0.5, 0.6) is 11.5 Å². The van der Waals surface area contributed by atoms with Gasteiger partial charge < -0.3 is 14.8 Å². The predicted octanol–water partition coefficient (Wildman–Crippen LogP) is 1.13. The molecule has 1 aromatic heterocycles. The van der Waals surface area contributed by atoms with Crippen molar-refractivity contribution in [2.75, 3.05) is 19.8 Å². The SMILES string of the molecule is O=C(Cn1ccn(-c2ccc3c(c2)OCCO3)c(=O)c1=O)NCCc1ccccc1. The molecule has 2 heterocycles. The van der Waals surface area contributed by atoms with E-state index in [4.69, 9.17) is 9.47 Å². The number of nitrogens with one attached hydrogen (secondary N) is 1. The van der Waals surface area contributed by atoms with Crippen molar-refractivity contribution in [3.05, 3.63) is 87.2 Å². The van der Waals surface area contributed by atoms with E-state index in [0.29, 0.717) is 43.4 Å². The summed E-state index contributed by atoms with van der Waals surface area (Å²) in [5.74, 6) is 0.788. The van der Waals surface area contributed by atoms with E-state index in [1.807, 2.05) is 30.3 Å². The van der Waals surface area contributed by atoms with Gasteiger partial charge >= 0.3 is 11.1 Å². The van der Waals surface area contributed by atoms with Crippen LogP contribution in [0.25, 0.3) is 5.69 Å². The smallest absolute Gasteiger partial charge is 0.320 e. The Morgan fingerprint density at radius 2 is 1.70 bits per heavy atom. The summed E-state index contributed by atoms with van der Waals surface area (Å²) >= 11 is 0. The molecule has 0 aliphatic carbocycles. The minimum Gasteiger partial charge on any atom is -0.486 e. The van der Waals surface area contributed by atoms with Gasteiger partial charge in [-0.2, -0.15) is 0 Å². The number of aromatic nitrogens is 2. The van der Waals surface area contributed by atoms with Crippen molar-refractivity contribution >= 4 is 5.91 Å². The summed E-state index contributed by atoms with van der Waals surface area (Å²) in [4.78, 5) is 37.2. The molecular formula is C22H21N3O5. The van der Waals surface area contributed by atoms with Gasteiger partial charge in [-0.05, 0) is 24.1 Å². The fourth-order valence-electron chi connectivity index (χ4n) is 3.22. The minimum atomic E-state index is -0.773. The van der Waals surface area contributed by atoms with E-state index in [2.05, 4.69) is 5.32 Å². The number of amides is 1. The number of benzene rings is 2. The van der Waals surface area contributed by atoms with E-state index >= 15 is 0 Å². The average Bonchev–Trinajstić information content (AvgIpc) is 2.77. The molecule has 0 unspecified atom stereocenters. The van der Waals surface area contributed by atoms with Crippen LogP contribution in [0.4, 0.5) is 0 Å². The number of hydrogen-bond donors (Lipinski definition) is 1. The molecule has 1 aliphatic rings. The first kappa shape index (κ1) is 19.5. The van der Waals surface area contributed by atoms with Gasteiger partial charge in [0.1, 0.15) is 19.8 Å². The Hall–Kier alpha value is -3.81. The lowest BCUT2D eigenvalue weighted by atomic mass is 10.1. The first-order chi connectivity index (χ1) is 14.6. The van der Waals surface area contributed by atoms with Crippen LogP contribution in [0.1, 0.15) is 5.56 Å². The molecule has 154 valence electrons.